The monoisotopic (exact) mass is 384 g/mol. The number of anilines is 1. The van der Waals surface area contributed by atoms with Crippen LogP contribution in [0.1, 0.15) is 22.9 Å². The van der Waals surface area contributed by atoms with E-state index in [0.717, 1.165) is 0 Å². The van der Waals surface area contributed by atoms with Crippen molar-refractivity contribution in [3.05, 3.63) is 93.9 Å². The fraction of sp³-hybridized carbons (Fsp3) is 0.150. The van der Waals surface area contributed by atoms with E-state index in [-0.39, 0.29) is 11.3 Å². The van der Waals surface area contributed by atoms with Crippen LogP contribution in [0.25, 0.3) is 0 Å². The first-order valence-corrected chi connectivity index (χ1v) is 8.47. The van der Waals surface area contributed by atoms with E-state index in [2.05, 4.69) is 15.6 Å². The topological polar surface area (TPSA) is 76.0 Å². The first-order chi connectivity index (χ1) is 13.5. The summed E-state index contributed by atoms with van der Waals surface area (Å²) in [7, 11) is 1.59. The fourth-order valence-corrected chi connectivity index (χ4v) is 2.64. The van der Waals surface area contributed by atoms with Crippen molar-refractivity contribution in [1.29, 1.82) is 0 Å². The minimum absolute atomic E-state index is 0.0228. The number of nitrogens with zero attached hydrogens (tertiary/aromatic N) is 2. The molecule has 0 saturated carbocycles. The molecule has 0 fully saturated rings. The predicted octanol–water partition coefficient (Wildman–Crippen LogP) is 3.30. The number of carbonyl (C=O) groups excluding carboxylic acids is 1. The maximum absolute atomic E-state index is 14.3. The summed E-state index contributed by atoms with van der Waals surface area (Å²) in [6, 6.07) is 10.3. The van der Waals surface area contributed by atoms with Gasteiger partial charge in [0, 0.05) is 31.2 Å². The number of hydrogen-bond acceptors (Lipinski definition) is 3. The molecule has 0 aliphatic carbocycles. The van der Waals surface area contributed by atoms with Crippen LogP contribution in [0.5, 0.6) is 0 Å². The first-order valence-electron chi connectivity index (χ1n) is 8.47. The van der Waals surface area contributed by atoms with Crippen molar-refractivity contribution < 1.29 is 13.6 Å². The van der Waals surface area contributed by atoms with Gasteiger partial charge in [-0.25, -0.2) is 13.6 Å². The van der Waals surface area contributed by atoms with Crippen LogP contribution in [-0.2, 0) is 13.7 Å². The molecule has 2 aromatic heterocycles. The van der Waals surface area contributed by atoms with Crippen LogP contribution < -0.4 is 16.2 Å². The number of alkyl halides is 1. The van der Waals surface area contributed by atoms with Crippen LogP contribution in [0.3, 0.4) is 0 Å². The van der Waals surface area contributed by atoms with Gasteiger partial charge in [0.1, 0.15) is 24.2 Å². The lowest BCUT2D eigenvalue weighted by Gasteiger charge is -2.20. The van der Waals surface area contributed by atoms with E-state index >= 15 is 0 Å². The molecule has 6 nitrogen and oxygen atoms in total. The molecule has 0 aliphatic heterocycles. The third kappa shape index (κ3) is 4.40. The van der Waals surface area contributed by atoms with Crippen LogP contribution in [0.4, 0.5) is 19.3 Å². The molecule has 144 valence electrons. The number of nitrogens with one attached hydrogen (secondary N) is 2. The van der Waals surface area contributed by atoms with Gasteiger partial charge in [-0.3, -0.25) is 9.78 Å². The van der Waals surface area contributed by atoms with Crippen molar-refractivity contribution in [2.24, 2.45) is 7.05 Å². The normalized spacial score (nSPS) is 11.7. The number of aromatic nitrogens is 2. The minimum Gasteiger partial charge on any atom is -0.325 e. The maximum Gasteiger partial charge on any atom is 0.320 e. The zero-order valence-corrected chi connectivity index (χ0v) is 15.0. The highest BCUT2D eigenvalue weighted by molar-refractivity contribution is 5.89. The zero-order valence-electron chi connectivity index (χ0n) is 15.0. The lowest BCUT2D eigenvalue weighted by atomic mass is 10.0. The SMILES string of the molecule is Cn1ccc(NC(=O)N[C@@H](c2ccc(CF)cc2)c2ncccc2F)cc1=O. The number of rotatable bonds is 5. The van der Waals surface area contributed by atoms with Crippen molar-refractivity contribution in [1.82, 2.24) is 14.9 Å². The zero-order chi connectivity index (χ0) is 20.1. The Bertz CT molecular complexity index is 1030. The maximum atomic E-state index is 14.3. The van der Waals surface area contributed by atoms with Gasteiger partial charge in [0.25, 0.3) is 5.56 Å². The Labute approximate surface area is 159 Å². The van der Waals surface area contributed by atoms with Crippen LogP contribution in [0.15, 0.2) is 65.7 Å². The Morgan fingerprint density at radius 3 is 2.61 bits per heavy atom. The lowest BCUT2D eigenvalue weighted by molar-refractivity contribution is 0.249. The van der Waals surface area contributed by atoms with Crippen molar-refractivity contribution in [2.75, 3.05) is 5.32 Å². The standard InChI is InChI=1S/C20H18F2N4O2/c1-26-10-8-15(11-17(26)27)24-20(28)25-18(19-16(22)3-2-9-23-19)14-6-4-13(12-21)5-7-14/h2-11,18H,12H2,1H3,(H2,24,25,28)/t18-/m0/s1. The quantitative estimate of drug-likeness (QED) is 0.709. The molecule has 1 atom stereocenters. The molecule has 2 amide bonds. The van der Waals surface area contributed by atoms with Gasteiger partial charge in [0.05, 0.1) is 0 Å². The van der Waals surface area contributed by atoms with Gasteiger partial charge in [-0.2, -0.15) is 0 Å². The molecule has 0 saturated heterocycles. The van der Waals surface area contributed by atoms with Gasteiger partial charge < -0.3 is 15.2 Å². The molecular formula is C20H18F2N4O2. The van der Waals surface area contributed by atoms with Crippen LogP contribution in [0.2, 0.25) is 0 Å². The van der Waals surface area contributed by atoms with Crippen LogP contribution in [0, 0.1) is 5.82 Å². The molecular weight excluding hydrogens is 366 g/mol. The molecule has 2 heterocycles. The van der Waals surface area contributed by atoms with Gasteiger partial charge in [-0.05, 0) is 29.3 Å². The molecule has 3 aromatic rings. The summed E-state index contributed by atoms with van der Waals surface area (Å²) in [6.45, 7) is -0.625. The number of pyridine rings is 2. The molecule has 0 spiro atoms. The largest absolute Gasteiger partial charge is 0.325 e. The smallest absolute Gasteiger partial charge is 0.320 e. The van der Waals surface area contributed by atoms with Gasteiger partial charge in [-0.15, -0.1) is 0 Å². The Morgan fingerprint density at radius 2 is 1.96 bits per heavy atom. The Hall–Kier alpha value is -3.55. The molecule has 0 radical (unpaired) electrons. The summed E-state index contributed by atoms with van der Waals surface area (Å²) in [6.07, 6.45) is 2.94. The number of hydrogen-bond donors (Lipinski definition) is 2. The van der Waals surface area contributed by atoms with E-state index in [4.69, 9.17) is 0 Å². The number of amides is 2. The summed E-state index contributed by atoms with van der Waals surface area (Å²) in [5.41, 5.74) is 1.04. The average molecular weight is 384 g/mol. The predicted molar refractivity (Wildman–Crippen MR) is 101 cm³/mol. The molecule has 0 unspecified atom stereocenters. The second-order valence-electron chi connectivity index (χ2n) is 6.14. The van der Waals surface area contributed by atoms with Crippen molar-refractivity contribution in [2.45, 2.75) is 12.7 Å². The average Bonchev–Trinajstić information content (AvgIpc) is 2.70. The molecule has 8 heteroatoms. The summed E-state index contributed by atoms with van der Waals surface area (Å²) in [5, 5.41) is 5.20. The van der Waals surface area contributed by atoms with Crippen LogP contribution >= 0.6 is 0 Å². The molecule has 2 N–H and O–H groups in total. The molecule has 3 rings (SSSR count). The van der Waals surface area contributed by atoms with E-state index in [1.54, 1.807) is 37.4 Å². The van der Waals surface area contributed by atoms with E-state index in [9.17, 15) is 18.4 Å². The van der Waals surface area contributed by atoms with Crippen LogP contribution in [-0.4, -0.2) is 15.6 Å². The van der Waals surface area contributed by atoms with Gasteiger partial charge in [0.2, 0.25) is 0 Å². The van der Waals surface area contributed by atoms with Crippen molar-refractivity contribution in [3.63, 3.8) is 0 Å². The van der Waals surface area contributed by atoms with Gasteiger partial charge in [-0.1, -0.05) is 24.3 Å². The van der Waals surface area contributed by atoms with E-state index in [0.29, 0.717) is 16.8 Å². The van der Waals surface area contributed by atoms with E-state index in [1.165, 1.54) is 35.2 Å². The van der Waals surface area contributed by atoms with E-state index < -0.39 is 24.6 Å². The summed E-state index contributed by atoms with van der Waals surface area (Å²) in [5.74, 6) is -0.587. The van der Waals surface area contributed by atoms with Gasteiger partial charge in [0.15, 0.2) is 0 Å². The highest BCUT2D eigenvalue weighted by atomic mass is 19.1. The highest BCUT2D eigenvalue weighted by Gasteiger charge is 2.21. The summed E-state index contributed by atoms with van der Waals surface area (Å²) >= 11 is 0. The molecule has 28 heavy (non-hydrogen) atoms. The Balaban J connectivity index is 1.88. The molecule has 0 aliphatic rings. The minimum atomic E-state index is -0.901. The molecule has 0 bridgehead atoms. The third-order valence-corrected chi connectivity index (χ3v) is 4.17. The second kappa shape index (κ2) is 8.43. The number of aryl methyl sites for hydroxylation is 1. The number of halogens is 2. The number of carbonyl (C=O) groups is 1. The Morgan fingerprint density at radius 1 is 1.21 bits per heavy atom. The van der Waals surface area contributed by atoms with Crippen molar-refractivity contribution in [3.8, 4) is 0 Å². The Kier molecular flexibility index (Phi) is 5.78. The second-order valence-corrected chi connectivity index (χ2v) is 6.14. The highest BCUT2D eigenvalue weighted by Crippen LogP contribution is 2.23. The fourth-order valence-electron chi connectivity index (χ4n) is 2.64. The lowest BCUT2D eigenvalue weighted by Crippen LogP contribution is -2.34. The number of urea groups is 1. The van der Waals surface area contributed by atoms with Crippen molar-refractivity contribution >= 4 is 11.7 Å². The summed E-state index contributed by atoms with van der Waals surface area (Å²) < 4.78 is 28.4. The van der Waals surface area contributed by atoms with E-state index in [1.807, 2.05) is 0 Å². The third-order valence-electron chi connectivity index (χ3n) is 4.17. The molecule has 1 aromatic carbocycles. The number of benzene rings is 1. The van der Waals surface area contributed by atoms with Gasteiger partial charge >= 0.3 is 6.03 Å². The summed E-state index contributed by atoms with van der Waals surface area (Å²) in [4.78, 5) is 28.2. The first kappa shape index (κ1) is 19.2.